The van der Waals surface area contributed by atoms with E-state index in [0.717, 1.165) is 17.7 Å². The minimum absolute atomic E-state index is 0.0710. The predicted molar refractivity (Wildman–Crippen MR) is 81.9 cm³/mol. The molecule has 1 aromatic carbocycles. The molecule has 1 unspecified atom stereocenters. The van der Waals surface area contributed by atoms with Gasteiger partial charge in [0.15, 0.2) is 0 Å². The highest BCUT2D eigenvalue weighted by Crippen LogP contribution is 2.08. The van der Waals surface area contributed by atoms with Gasteiger partial charge in [-0.3, -0.25) is 9.59 Å². The van der Waals surface area contributed by atoms with Gasteiger partial charge in [0.2, 0.25) is 5.91 Å². The number of benzene rings is 1. The Hall–Kier alpha value is -1.49. The second kappa shape index (κ2) is 9.42. The van der Waals surface area contributed by atoms with Crippen molar-refractivity contribution in [1.82, 2.24) is 5.32 Å². The van der Waals surface area contributed by atoms with Crippen LogP contribution in [0.1, 0.15) is 18.4 Å². The number of carboxylic acid groups (broad SMARTS) is 1. The number of carbonyl (C=O) groups excluding carboxylic acids is 1. The van der Waals surface area contributed by atoms with Gasteiger partial charge in [0.05, 0.1) is 5.92 Å². The number of amides is 1. The van der Waals surface area contributed by atoms with Crippen LogP contribution in [0, 0.1) is 5.92 Å². The second-order valence-corrected chi connectivity index (χ2v) is 5.61. The van der Waals surface area contributed by atoms with E-state index in [1.807, 2.05) is 36.6 Å². The normalized spacial score (nSPS) is 11.8. The molecule has 0 saturated heterocycles. The molecule has 2 N–H and O–H groups in total. The van der Waals surface area contributed by atoms with Gasteiger partial charge in [-0.15, -0.1) is 0 Å². The summed E-state index contributed by atoms with van der Waals surface area (Å²) in [5.41, 5.74) is 0.969. The lowest BCUT2D eigenvalue weighted by molar-refractivity contribution is -0.141. The van der Waals surface area contributed by atoms with Crippen molar-refractivity contribution in [3.05, 3.63) is 35.9 Å². The lowest BCUT2D eigenvalue weighted by Crippen LogP contribution is -2.34. The van der Waals surface area contributed by atoms with Crippen LogP contribution in [0.25, 0.3) is 0 Å². The third-order valence-corrected chi connectivity index (χ3v) is 3.67. The van der Waals surface area contributed by atoms with Crippen LogP contribution in [0.2, 0.25) is 0 Å². The van der Waals surface area contributed by atoms with Crippen molar-refractivity contribution in [2.75, 3.05) is 18.6 Å². The standard InChI is InChI=1S/C15H21NO3S/c1-20-9-5-8-14(17)16-11-13(15(18)19)10-12-6-3-2-4-7-12/h2-4,6-7,13H,5,8-11H2,1H3,(H,16,17)(H,18,19). The molecule has 0 aliphatic carbocycles. The first-order valence-electron chi connectivity index (χ1n) is 6.66. The fourth-order valence-electron chi connectivity index (χ4n) is 1.85. The van der Waals surface area contributed by atoms with Gasteiger partial charge in [-0.2, -0.15) is 11.8 Å². The third-order valence-electron chi connectivity index (χ3n) is 2.97. The van der Waals surface area contributed by atoms with Gasteiger partial charge in [-0.05, 0) is 30.4 Å². The Morgan fingerprint density at radius 2 is 2.00 bits per heavy atom. The average molecular weight is 295 g/mol. The molecule has 0 fully saturated rings. The van der Waals surface area contributed by atoms with Crippen molar-refractivity contribution in [1.29, 1.82) is 0 Å². The molecular formula is C15H21NO3S. The quantitative estimate of drug-likeness (QED) is 0.685. The summed E-state index contributed by atoms with van der Waals surface area (Å²) in [4.78, 5) is 22.8. The average Bonchev–Trinajstić information content (AvgIpc) is 2.44. The van der Waals surface area contributed by atoms with Crippen LogP contribution >= 0.6 is 11.8 Å². The van der Waals surface area contributed by atoms with Gasteiger partial charge in [0, 0.05) is 13.0 Å². The zero-order chi connectivity index (χ0) is 14.8. The molecule has 0 aromatic heterocycles. The fraction of sp³-hybridized carbons (Fsp3) is 0.467. The number of carbonyl (C=O) groups is 2. The largest absolute Gasteiger partial charge is 0.481 e. The molecule has 0 bridgehead atoms. The topological polar surface area (TPSA) is 66.4 Å². The maximum Gasteiger partial charge on any atom is 0.308 e. The summed E-state index contributed by atoms with van der Waals surface area (Å²) in [6, 6.07) is 9.46. The summed E-state index contributed by atoms with van der Waals surface area (Å²) < 4.78 is 0. The van der Waals surface area contributed by atoms with E-state index in [1.165, 1.54) is 0 Å². The summed E-state index contributed by atoms with van der Waals surface area (Å²) in [5, 5.41) is 11.9. The van der Waals surface area contributed by atoms with E-state index in [1.54, 1.807) is 11.8 Å². The maximum atomic E-state index is 11.6. The van der Waals surface area contributed by atoms with Crippen molar-refractivity contribution < 1.29 is 14.7 Å². The van der Waals surface area contributed by atoms with Gasteiger partial charge < -0.3 is 10.4 Å². The summed E-state index contributed by atoms with van der Waals surface area (Å²) in [5.74, 6) is -0.585. The summed E-state index contributed by atoms with van der Waals surface area (Å²) >= 11 is 1.70. The van der Waals surface area contributed by atoms with E-state index in [-0.39, 0.29) is 12.5 Å². The Balaban J connectivity index is 2.40. The smallest absolute Gasteiger partial charge is 0.308 e. The van der Waals surface area contributed by atoms with Crippen molar-refractivity contribution in [2.45, 2.75) is 19.3 Å². The molecule has 1 aromatic rings. The lowest BCUT2D eigenvalue weighted by Gasteiger charge is -2.13. The Morgan fingerprint density at radius 1 is 1.30 bits per heavy atom. The SMILES string of the molecule is CSCCCC(=O)NCC(Cc1ccccc1)C(=O)O. The highest BCUT2D eigenvalue weighted by Gasteiger charge is 2.18. The highest BCUT2D eigenvalue weighted by atomic mass is 32.2. The molecule has 0 spiro atoms. The molecule has 0 radical (unpaired) electrons. The molecule has 20 heavy (non-hydrogen) atoms. The van der Waals surface area contributed by atoms with E-state index < -0.39 is 11.9 Å². The zero-order valence-corrected chi connectivity index (χ0v) is 12.5. The maximum absolute atomic E-state index is 11.6. The van der Waals surface area contributed by atoms with Gasteiger partial charge in [-0.1, -0.05) is 30.3 Å². The third kappa shape index (κ3) is 6.61. The van der Waals surface area contributed by atoms with E-state index in [0.29, 0.717) is 12.8 Å². The summed E-state index contributed by atoms with van der Waals surface area (Å²) in [6.45, 7) is 0.183. The van der Waals surface area contributed by atoms with Crippen molar-refractivity contribution in [3.63, 3.8) is 0 Å². The van der Waals surface area contributed by atoms with Gasteiger partial charge >= 0.3 is 5.97 Å². The predicted octanol–water partition coefficient (Wildman–Crippen LogP) is 2.19. The number of aliphatic carboxylic acids is 1. The first-order chi connectivity index (χ1) is 9.63. The number of hydrogen-bond donors (Lipinski definition) is 2. The van der Waals surface area contributed by atoms with Gasteiger partial charge in [0.25, 0.3) is 0 Å². The first-order valence-corrected chi connectivity index (χ1v) is 8.05. The van der Waals surface area contributed by atoms with Crippen LogP contribution in [-0.4, -0.2) is 35.5 Å². The number of hydrogen-bond acceptors (Lipinski definition) is 3. The van der Waals surface area contributed by atoms with E-state index >= 15 is 0 Å². The Morgan fingerprint density at radius 3 is 2.60 bits per heavy atom. The zero-order valence-electron chi connectivity index (χ0n) is 11.7. The molecule has 4 nitrogen and oxygen atoms in total. The van der Waals surface area contributed by atoms with Crippen LogP contribution < -0.4 is 5.32 Å². The number of rotatable bonds is 9. The van der Waals surface area contributed by atoms with Crippen LogP contribution in [0.5, 0.6) is 0 Å². The lowest BCUT2D eigenvalue weighted by atomic mass is 9.99. The second-order valence-electron chi connectivity index (χ2n) is 4.63. The first kappa shape index (κ1) is 16.6. The molecule has 1 atom stereocenters. The number of nitrogens with one attached hydrogen (secondary N) is 1. The Labute approximate surface area is 124 Å². The minimum atomic E-state index is -0.877. The van der Waals surface area contributed by atoms with Crippen molar-refractivity contribution in [2.24, 2.45) is 5.92 Å². The number of thioether (sulfide) groups is 1. The van der Waals surface area contributed by atoms with Crippen LogP contribution in [-0.2, 0) is 16.0 Å². The molecule has 5 heteroatoms. The Kier molecular flexibility index (Phi) is 7.80. The van der Waals surface area contributed by atoms with Crippen LogP contribution in [0.15, 0.2) is 30.3 Å². The molecule has 0 heterocycles. The van der Waals surface area contributed by atoms with E-state index in [9.17, 15) is 14.7 Å². The monoisotopic (exact) mass is 295 g/mol. The summed E-state index contributed by atoms with van der Waals surface area (Å²) in [7, 11) is 0. The van der Waals surface area contributed by atoms with Crippen LogP contribution in [0.4, 0.5) is 0 Å². The van der Waals surface area contributed by atoms with E-state index in [4.69, 9.17) is 0 Å². The van der Waals surface area contributed by atoms with Crippen molar-refractivity contribution >= 4 is 23.6 Å². The molecule has 1 amide bonds. The highest BCUT2D eigenvalue weighted by molar-refractivity contribution is 7.98. The van der Waals surface area contributed by atoms with Gasteiger partial charge in [0.1, 0.15) is 0 Å². The molecule has 110 valence electrons. The molecule has 1 rings (SSSR count). The van der Waals surface area contributed by atoms with Crippen LogP contribution in [0.3, 0.4) is 0 Å². The minimum Gasteiger partial charge on any atom is -0.481 e. The molecule has 0 aliphatic heterocycles. The fourth-order valence-corrected chi connectivity index (χ4v) is 2.28. The van der Waals surface area contributed by atoms with Crippen molar-refractivity contribution in [3.8, 4) is 0 Å². The number of carboxylic acids is 1. The van der Waals surface area contributed by atoms with E-state index in [2.05, 4.69) is 5.32 Å². The van der Waals surface area contributed by atoms with Gasteiger partial charge in [-0.25, -0.2) is 0 Å². The molecular weight excluding hydrogens is 274 g/mol. The molecule has 0 saturated carbocycles. The Bertz CT molecular complexity index is 422. The summed E-state index contributed by atoms with van der Waals surface area (Å²) in [6.07, 6.45) is 3.71. The molecule has 0 aliphatic rings.